The summed E-state index contributed by atoms with van der Waals surface area (Å²) in [4.78, 5) is 16.9. The predicted octanol–water partition coefficient (Wildman–Crippen LogP) is 0.538. The lowest BCUT2D eigenvalue weighted by Crippen LogP contribution is -2.42. The molecule has 8 heteroatoms. The van der Waals surface area contributed by atoms with Crippen LogP contribution in [0, 0.1) is 5.92 Å². The number of nitrogens with zero attached hydrogens (tertiary/aromatic N) is 1. The minimum atomic E-state index is -3.67. The number of para-hydroxylation sites is 1. The lowest BCUT2D eigenvalue weighted by molar-refractivity contribution is 0.411. The number of aromatic nitrogens is 1. The van der Waals surface area contributed by atoms with Crippen LogP contribution in [0.3, 0.4) is 0 Å². The second kappa shape index (κ2) is 6.31. The molecule has 23 heavy (non-hydrogen) atoms. The maximum absolute atomic E-state index is 11.9. The SMILES string of the molecule is NS(=O)(=O)NCC1CCCN(c2cc(=O)[nH]c3ccccc23)C1. The van der Waals surface area contributed by atoms with Crippen LogP contribution in [0.4, 0.5) is 5.69 Å². The second-order valence-electron chi connectivity index (χ2n) is 5.91. The molecule has 1 aliphatic rings. The molecule has 0 bridgehead atoms. The van der Waals surface area contributed by atoms with E-state index in [4.69, 9.17) is 5.14 Å². The van der Waals surface area contributed by atoms with Gasteiger partial charge >= 0.3 is 0 Å². The standard InChI is InChI=1S/C15H20N4O3S/c16-23(21,22)17-9-11-4-3-7-19(10-11)14-8-15(20)18-13-6-2-1-5-12(13)14/h1-2,5-6,8,11,17H,3-4,7,9-10H2,(H,18,20)(H2,16,21,22). The highest BCUT2D eigenvalue weighted by molar-refractivity contribution is 7.87. The molecule has 2 aromatic rings. The monoisotopic (exact) mass is 336 g/mol. The molecule has 0 spiro atoms. The molecule has 0 amide bonds. The zero-order chi connectivity index (χ0) is 16.4. The summed E-state index contributed by atoms with van der Waals surface area (Å²) in [7, 11) is -3.67. The van der Waals surface area contributed by atoms with Crippen LogP contribution in [0.5, 0.6) is 0 Å². The van der Waals surface area contributed by atoms with Crippen molar-refractivity contribution in [2.24, 2.45) is 11.1 Å². The number of rotatable bonds is 4. The first-order valence-corrected chi connectivity index (χ1v) is 9.11. The van der Waals surface area contributed by atoms with E-state index < -0.39 is 10.2 Å². The first-order valence-electron chi connectivity index (χ1n) is 7.57. The number of benzene rings is 1. The molecule has 1 atom stereocenters. The smallest absolute Gasteiger partial charge is 0.274 e. The number of fused-ring (bicyclic) bond motifs is 1. The van der Waals surface area contributed by atoms with Gasteiger partial charge in [-0.2, -0.15) is 8.42 Å². The number of nitrogens with two attached hydrogens (primary N) is 1. The van der Waals surface area contributed by atoms with E-state index in [-0.39, 0.29) is 11.5 Å². The van der Waals surface area contributed by atoms with Gasteiger partial charge in [-0.25, -0.2) is 9.86 Å². The zero-order valence-electron chi connectivity index (χ0n) is 12.7. The molecule has 7 nitrogen and oxygen atoms in total. The zero-order valence-corrected chi connectivity index (χ0v) is 13.5. The first-order chi connectivity index (χ1) is 10.9. The summed E-state index contributed by atoms with van der Waals surface area (Å²) in [6.45, 7) is 1.85. The van der Waals surface area contributed by atoms with E-state index in [9.17, 15) is 13.2 Å². The van der Waals surface area contributed by atoms with Crippen LogP contribution in [0.2, 0.25) is 0 Å². The highest BCUT2D eigenvalue weighted by atomic mass is 32.2. The van der Waals surface area contributed by atoms with Crippen molar-refractivity contribution in [3.63, 3.8) is 0 Å². The molecular weight excluding hydrogens is 316 g/mol. The molecule has 3 rings (SSSR count). The van der Waals surface area contributed by atoms with Crippen molar-refractivity contribution in [3.8, 4) is 0 Å². The maximum atomic E-state index is 11.9. The third kappa shape index (κ3) is 3.90. The van der Waals surface area contributed by atoms with E-state index in [1.165, 1.54) is 0 Å². The minimum Gasteiger partial charge on any atom is -0.371 e. The molecule has 1 aliphatic heterocycles. The Labute approximate surface area is 134 Å². The molecule has 0 aliphatic carbocycles. The van der Waals surface area contributed by atoms with E-state index in [0.717, 1.165) is 36.0 Å². The van der Waals surface area contributed by atoms with Crippen LogP contribution in [-0.4, -0.2) is 33.0 Å². The summed E-state index contributed by atoms with van der Waals surface area (Å²) in [5.41, 5.74) is 1.56. The molecule has 1 unspecified atom stereocenters. The van der Waals surface area contributed by atoms with E-state index in [1.807, 2.05) is 24.3 Å². The Morgan fingerprint density at radius 2 is 2.13 bits per heavy atom. The Morgan fingerprint density at radius 3 is 2.91 bits per heavy atom. The summed E-state index contributed by atoms with van der Waals surface area (Å²) >= 11 is 0. The van der Waals surface area contributed by atoms with Crippen molar-refractivity contribution in [2.45, 2.75) is 12.8 Å². The maximum Gasteiger partial charge on any atom is 0.274 e. The van der Waals surface area contributed by atoms with Gasteiger partial charge in [0.25, 0.3) is 10.2 Å². The van der Waals surface area contributed by atoms with Crippen molar-refractivity contribution >= 4 is 26.8 Å². The molecule has 124 valence electrons. The van der Waals surface area contributed by atoms with Gasteiger partial charge in [0.2, 0.25) is 5.56 Å². The number of anilines is 1. The lowest BCUT2D eigenvalue weighted by Gasteiger charge is -2.34. The van der Waals surface area contributed by atoms with Gasteiger partial charge in [-0.15, -0.1) is 0 Å². The lowest BCUT2D eigenvalue weighted by atomic mass is 9.97. The summed E-state index contributed by atoms with van der Waals surface area (Å²) in [6, 6.07) is 9.29. The molecule has 0 saturated carbocycles. The summed E-state index contributed by atoms with van der Waals surface area (Å²) in [6.07, 6.45) is 1.87. The summed E-state index contributed by atoms with van der Waals surface area (Å²) < 4.78 is 24.5. The Kier molecular flexibility index (Phi) is 4.38. The number of nitrogens with one attached hydrogen (secondary N) is 2. The van der Waals surface area contributed by atoms with Gasteiger partial charge < -0.3 is 9.88 Å². The third-order valence-corrected chi connectivity index (χ3v) is 4.73. The Morgan fingerprint density at radius 1 is 1.35 bits per heavy atom. The normalized spacial score (nSPS) is 19.2. The average Bonchev–Trinajstić information content (AvgIpc) is 2.52. The van der Waals surface area contributed by atoms with Crippen LogP contribution in [0.15, 0.2) is 35.1 Å². The topological polar surface area (TPSA) is 108 Å². The van der Waals surface area contributed by atoms with Crippen LogP contribution >= 0.6 is 0 Å². The average molecular weight is 336 g/mol. The number of hydrogen-bond acceptors (Lipinski definition) is 4. The van der Waals surface area contributed by atoms with Crippen molar-refractivity contribution < 1.29 is 8.42 Å². The van der Waals surface area contributed by atoms with E-state index >= 15 is 0 Å². The molecule has 1 aromatic heterocycles. The Balaban J connectivity index is 1.85. The van der Waals surface area contributed by atoms with E-state index in [2.05, 4.69) is 14.6 Å². The number of hydrogen-bond donors (Lipinski definition) is 3. The molecule has 2 heterocycles. The van der Waals surface area contributed by atoms with Gasteiger partial charge in [-0.1, -0.05) is 18.2 Å². The number of aromatic amines is 1. The van der Waals surface area contributed by atoms with Gasteiger partial charge in [0.05, 0.1) is 11.2 Å². The van der Waals surface area contributed by atoms with Crippen LogP contribution in [0.1, 0.15) is 12.8 Å². The quantitative estimate of drug-likeness (QED) is 0.757. The van der Waals surface area contributed by atoms with E-state index in [0.29, 0.717) is 13.1 Å². The van der Waals surface area contributed by atoms with Gasteiger partial charge in [0, 0.05) is 31.1 Å². The predicted molar refractivity (Wildman–Crippen MR) is 90.6 cm³/mol. The fourth-order valence-corrected chi connectivity index (χ4v) is 3.60. The fourth-order valence-electron chi connectivity index (χ4n) is 3.13. The van der Waals surface area contributed by atoms with Crippen molar-refractivity contribution in [1.29, 1.82) is 0 Å². The molecule has 0 radical (unpaired) electrons. The Hall–Kier alpha value is -1.90. The summed E-state index contributed by atoms with van der Waals surface area (Å²) in [5, 5.41) is 5.99. The highest BCUT2D eigenvalue weighted by Gasteiger charge is 2.22. The Bertz CT molecular complexity index is 862. The van der Waals surface area contributed by atoms with Crippen LogP contribution < -0.4 is 20.3 Å². The van der Waals surface area contributed by atoms with Crippen molar-refractivity contribution in [3.05, 3.63) is 40.7 Å². The van der Waals surface area contributed by atoms with E-state index in [1.54, 1.807) is 6.07 Å². The number of piperidine rings is 1. The number of H-pyrrole nitrogens is 1. The second-order valence-corrected chi connectivity index (χ2v) is 7.29. The molecule has 4 N–H and O–H groups in total. The van der Waals surface area contributed by atoms with Crippen molar-refractivity contribution in [2.75, 3.05) is 24.5 Å². The molecular formula is C15H20N4O3S. The van der Waals surface area contributed by atoms with Gasteiger partial charge in [0.15, 0.2) is 0 Å². The van der Waals surface area contributed by atoms with Crippen LogP contribution in [-0.2, 0) is 10.2 Å². The van der Waals surface area contributed by atoms with Gasteiger partial charge in [-0.3, -0.25) is 4.79 Å². The van der Waals surface area contributed by atoms with Gasteiger partial charge in [-0.05, 0) is 24.8 Å². The third-order valence-electron chi connectivity index (χ3n) is 4.16. The highest BCUT2D eigenvalue weighted by Crippen LogP contribution is 2.28. The van der Waals surface area contributed by atoms with Crippen molar-refractivity contribution in [1.82, 2.24) is 9.71 Å². The largest absolute Gasteiger partial charge is 0.371 e. The molecule has 1 saturated heterocycles. The van der Waals surface area contributed by atoms with Crippen LogP contribution in [0.25, 0.3) is 10.9 Å². The van der Waals surface area contributed by atoms with Gasteiger partial charge in [0.1, 0.15) is 0 Å². The summed E-state index contributed by atoms with van der Waals surface area (Å²) in [5.74, 6) is 0.167. The molecule has 1 aromatic carbocycles. The minimum absolute atomic E-state index is 0.136. The first kappa shape index (κ1) is 16.0. The molecule has 1 fully saturated rings. The number of pyridine rings is 1. The fraction of sp³-hybridized carbons (Fsp3) is 0.400.